The molecule has 0 fully saturated rings. The predicted molar refractivity (Wildman–Crippen MR) is 223 cm³/mol. The number of para-hydroxylation sites is 2. The van der Waals surface area contributed by atoms with Crippen molar-refractivity contribution in [2.75, 3.05) is 5.32 Å². The lowest BCUT2D eigenvalue weighted by Crippen LogP contribution is -2.28. The fourth-order valence-electron chi connectivity index (χ4n) is 7.93. The quantitative estimate of drug-likeness (QED) is 0.185. The number of hydrogen-bond donors (Lipinski definition) is 1. The highest BCUT2D eigenvalue weighted by Gasteiger charge is 2.21. The maximum absolute atomic E-state index is 3.46. The fraction of sp³-hybridized carbons (Fsp3) is 0.0417. The van der Waals surface area contributed by atoms with E-state index >= 15 is 0 Å². The highest BCUT2D eigenvalue weighted by atomic mass is 32.1. The second-order valence-corrected chi connectivity index (χ2v) is 14.4. The summed E-state index contributed by atoms with van der Waals surface area (Å²) in [6.45, 7) is 0. The van der Waals surface area contributed by atoms with E-state index in [2.05, 4.69) is 184 Å². The van der Waals surface area contributed by atoms with Crippen LogP contribution in [-0.2, 0) is 6.42 Å². The molecule has 1 aliphatic rings. The molecule has 0 atom stereocenters. The second-order valence-electron chi connectivity index (χ2n) is 13.3. The van der Waals surface area contributed by atoms with E-state index < -0.39 is 0 Å². The number of nitrogens with one attached hydrogen (secondary N) is 1. The standard InChI is InChI=1S/C48H35N3S/c1-4-15-33(16-5-1)31-42-40-28-29-41-39-22-11-13-25-46(39)52-48(41)47(40)51(44(42)24-14-30-49-34-17-6-2-7-18-34)36-26-27-38-37-21-10-12-23-43(37)50(45(38)32-36)35-19-8-3-9-20-35/h1-11,13-22,24-32,49H,12,23H2/b30-14+,42-31?,44-24+. The van der Waals surface area contributed by atoms with Gasteiger partial charge in [-0.2, -0.15) is 0 Å². The molecule has 9 aromatic rings. The van der Waals surface area contributed by atoms with E-state index in [1.54, 1.807) is 0 Å². The first-order valence-electron chi connectivity index (χ1n) is 17.9. The number of aromatic nitrogens is 2. The smallest absolute Gasteiger partial charge is 0.0719 e. The summed E-state index contributed by atoms with van der Waals surface area (Å²) < 4.78 is 7.60. The van der Waals surface area contributed by atoms with Gasteiger partial charge in [-0.25, -0.2) is 0 Å². The van der Waals surface area contributed by atoms with Crippen LogP contribution >= 0.6 is 11.3 Å². The molecule has 0 radical (unpaired) electrons. The minimum atomic E-state index is 1.02. The number of hydrogen-bond acceptors (Lipinski definition) is 2. The molecule has 4 heteroatoms. The largest absolute Gasteiger partial charge is 0.362 e. The zero-order valence-corrected chi connectivity index (χ0v) is 29.4. The molecule has 248 valence electrons. The van der Waals surface area contributed by atoms with Crippen molar-refractivity contribution in [1.29, 1.82) is 0 Å². The van der Waals surface area contributed by atoms with E-state index in [0.29, 0.717) is 0 Å². The van der Waals surface area contributed by atoms with Crippen LogP contribution in [0.2, 0.25) is 0 Å². The highest BCUT2D eigenvalue weighted by molar-refractivity contribution is 7.26. The van der Waals surface area contributed by atoms with Crippen molar-refractivity contribution in [3.8, 4) is 11.4 Å². The molecule has 0 saturated heterocycles. The molecule has 0 spiro atoms. The molecule has 0 bridgehead atoms. The van der Waals surface area contributed by atoms with Crippen molar-refractivity contribution in [3.63, 3.8) is 0 Å². The average Bonchev–Trinajstić information content (AvgIpc) is 3.85. The Bertz CT molecular complexity index is 2960. The first kappa shape index (κ1) is 30.5. The normalized spacial score (nSPS) is 13.7. The number of allylic oxidation sites excluding steroid dienone is 2. The Morgan fingerprint density at radius 3 is 2.21 bits per heavy atom. The van der Waals surface area contributed by atoms with Gasteiger partial charge in [0.25, 0.3) is 0 Å². The maximum atomic E-state index is 3.46. The predicted octanol–water partition coefficient (Wildman–Crippen LogP) is 11.1. The summed E-state index contributed by atoms with van der Waals surface area (Å²) in [6, 6.07) is 52.4. The van der Waals surface area contributed by atoms with Gasteiger partial charge >= 0.3 is 0 Å². The third-order valence-electron chi connectivity index (χ3n) is 10.2. The maximum Gasteiger partial charge on any atom is 0.0719 e. The van der Waals surface area contributed by atoms with Crippen LogP contribution in [-0.4, -0.2) is 9.13 Å². The molecule has 3 nitrogen and oxygen atoms in total. The molecule has 6 aromatic carbocycles. The number of rotatable bonds is 6. The van der Waals surface area contributed by atoms with E-state index in [-0.39, 0.29) is 0 Å². The van der Waals surface area contributed by atoms with Crippen molar-refractivity contribution in [2.24, 2.45) is 0 Å². The van der Waals surface area contributed by atoms with E-state index in [0.717, 1.165) is 29.6 Å². The Kier molecular flexibility index (Phi) is 7.47. The summed E-state index contributed by atoms with van der Waals surface area (Å²) in [6.07, 6.45) is 15.5. The number of fused-ring (bicyclic) bond motifs is 8. The molecule has 1 aliphatic carbocycles. The van der Waals surface area contributed by atoms with Crippen LogP contribution in [0.1, 0.15) is 23.2 Å². The summed E-state index contributed by atoms with van der Waals surface area (Å²) in [7, 11) is 0. The van der Waals surface area contributed by atoms with Gasteiger partial charge in [0.1, 0.15) is 0 Å². The van der Waals surface area contributed by atoms with Gasteiger partial charge in [-0.15, -0.1) is 11.3 Å². The van der Waals surface area contributed by atoms with Gasteiger partial charge < -0.3 is 14.5 Å². The second kappa shape index (κ2) is 12.8. The van der Waals surface area contributed by atoms with E-state index in [1.807, 2.05) is 23.6 Å². The number of thiophene rings is 1. The van der Waals surface area contributed by atoms with Crippen LogP contribution in [0.15, 0.2) is 164 Å². The van der Waals surface area contributed by atoms with Crippen LogP contribution in [0.4, 0.5) is 5.69 Å². The molecular weight excluding hydrogens is 651 g/mol. The summed E-state index contributed by atoms with van der Waals surface area (Å²) in [5.74, 6) is 0. The van der Waals surface area contributed by atoms with Crippen molar-refractivity contribution >= 4 is 77.2 Å². The molecular formula is C48H35N3S. The zero-order valence-electron chi connectivity index (χ0n) is 28.5. The first-order valence-corrected chi connectivity index (χ1v) is 18.7. The molecule has 3 heterocycles. The Hall–Kier alpha value is -6.36. The fourth-order valence-corrected chi connectivity index (χ4v) is 9.17. The minimum Gasteiger partial charge on any atom is -0.362 e. The van der Waals surface area contributed by atoms with Gasteiger partial charge in [0.15, 0.2) is 0 Å². The molecule has 10 rings (SSSR count). The molecule has 0 saturated carbocycles. The van der Waals surface area contributed by atoms with E-state index in [1.165, 1.54) is 69.7 Å². The summed E-state index contributed by atoms with van der Waals surface area (Å²) in [4.78, 5) is 0. The molecule has 3 aromatic heterocycles. The van der Waals surface area contributed by atoms with Crippen LogP contribution < -0.4 is 15.9 Å². The highest BCUT2D eigenvalue weighted by Crippen LogP contribution is 2.39. The number of nitrogens with zero attached hydrogens (tertiary/aromatic N) is 2. The molecule has 0 aliphatic heterocycles. The number of benzene rings is 6. The third-order valence-corrected chi connectivity index (χ3v) is 11.4. The lowest BCUT2D eigenvalue weighted by atomic mass is 10.0. The Labute approximate surface area is 306 Å². The molecule has 1 N–H and O–H groups in total. The van der Waals surface area contributed by atoms with E-state index in [9.17, 15) is 0 Å². The third kappa shape index (κ3) is 5.11. The van der Waals surface area contributed by atoms with Crippen LogP contribution in [0.5, 0.6) is 0 Å². The summed E-state index contributed by atoms with van der Waals surface area (Å²) in [5, 5.41) is 10.9. The Morgan fingerprint density at radius 2 is 1.37 bits per heavy atom. The van der Waals surface area contributed by atoms with Crippen molar-refractivity contribution in [2.45, 2.75) is 12.8 Å². The molecule has 52 heavy (non-hydrogen) atoms. The zero-order chi connectivity index (χ0) is 34.4. The Morgan fingerprint density at radius 1 is 0.635 bits per heavy atom. The minimum absolute atomic E-state index is 1.02. The monoisotopic (exact) mass is 685 g/mol. The molecule has 0 unspecified atom stereocenters. The summed E-state index contributed by atoms with van der Waals surface area (Å²) in [5.41, 5.74) is 9.75. The molecule has 0 amide bonds. The van der Waals surface area contributed by atoms with Gasteiger partial charge in [0, 0.05) is 66.0 Å². The van der Waals surface area contributed by atoms with Crippen LogP contribution in [0.25, 0.3) is 71.6 Å². The first-order chi connectivity index (χ1) is 25.8. The van der Waals surface area contributed by atoms with Crippen LogP contribution in [0.3, 0.4) is 0 Å². The lowest BCUT2D eigenvalue weighted by Gasteiger charge is -2.14. The van der Waals surface area contributed by atoms with Crippen molar-refractivity contribution in [3.05, 3.63) is 191 Å². The van der Waals surface area contributed by atoms with Gasteiger partial charge in [-0.1, -0.05) is 115 Å². The lowest BCUT2D eigenvalue weighted by molar-refractivity contribution is 0.888. The SMILES string of the molecule is C1=Cc2c(n(-c3ccccc3)c3cc(-n4/c(=C/C=C/Nc5ccccc5)c(=Cc5ccccc5)c5ccc6c7ccccc7sc6c54)ccc23)CC1. The van der Waals surface area contributed by atoms with E-state index in [4.69, 9.17) is 0 Å². The van der Waals surface area contributed by atoms with Crippen molar-refractivity contribution < 1.29 is 0 Å². The van der Waals surface area contributed by atoms with Gasteiger partial charge in [-0.3, -0.25) is 0 Å². The average molecular weight is 686 g/mol. The van der Waals surface area contributed by atoms with Gasteiger partial charge in [-0.05, 0) is 79.1 Å². The van der Waals surface area contributed by atoms with Crippen molar-refractivity contribution in [1.82, 2.24) is 9.13 Å². The van der Waals surface area contributed by atoms with Gasteiger partial charge in [0.2, 0.25) is 0 Å². The van der Waals surface area contributed by atoms with Crippen LogP contribution in [0, 0.1) is 0 Å². The van der Waals surface area contributed by atoms with Gasteiger partial charge in [0.05, 0.1) is 21.1 Å². The number of anilines is 1. The Balaban J connectivity index is 1.32. The summed E-state index contributed by atoms with van der Waals surface area (Å²) >= 11 is 1.89. The topological polar surface area (TPSA) is 21.9 Å².